The predicted octanol–water partition coefficient (Wildman–Crippen LogP) is 3.64. The van der Waals surface area contributed by atoms with Gasteiger partial charge >= 0.3 is 0 Å². The van der Waals surface area contributed by atoms with E-state index in [2.05, 4.69) is 31.2 Å². The van der Waals surface area contributed by atoms with E-state index in [0.29, 0.717) is 0 Å². The monoisotopic (exact) mass is 285 g/mol. The van der Waals surface area contributed by atoms with Crippen LogP contribution in [0, 0.1) is 6.92 Å². The highest BCUT2D eigenvalue weighted by molar-refractivity contribution is 5.43. The van der Waals surface area contributed by atoms with E-state index in [0.717, 1.165) is 29.9 Å². The topological polar surface area (TPSA) is 44.5 Å². The average molecular weight is 285 g/mol. The Hall–Kier alpha value is -2.00. The van der Waals surface area contributed by atoms with Gasteiger partial charge in [0, 0.05) is 6.04 Å². The zero-order valence-corrected chi connectivity index (χ0v) is 12.9. The van der Waals surface area contributed by atoms with Crippen molar-refractivity contribution in [3.63, 3.8) is 0 Å². The van der Waals surface area contributed by atoms with Gasteiger partial charge < -0.3 is 15.2 Å². The number of rotatable bonds is 6. The van der Waals surface area contributed by atoms with E-state index in [1.165, 1.54) is 11.1 Å². The first-order valence-electron chi connectivity index (χ1n) is 7.17. The Labute approximate surface area is 126 Å². The van der Waals surface area contributed by atoms with Gasteiger partial charge in [0.15, 0.2) is 11.5 Å². The molecule has 1 atom stereocenters. The van der Waals surface area contributed by atoms with Gasteiger partial charge in [0.25, 0.3) is 0 Å². The van der Waals surface area contributed by atoms with E-state index >= 15 is 0 Å². The fraction of sp³-hybridized carbons (Fsp3) is 0.333. The fourth-order valence-electron chi connectivity index (χ4n) is 2.45. The Morgan fingerprint density at radius 3 is 2.38 bits per heavy atom. The van der Waals surface area contributed by atoms with Gasteiger partial charge in [-0.05, 0) is 48.6 Å². The van der Waals surface area contributed by atoms with E-state index in [1.54, 1.807) is 14.2 Å². The summed E-state index contributed by atoms with van der Waals surface area (Å²) < 4.78 is 10.6. The molecule has 2 rings (SSSR count). The molecule has 0 heterocycles. The maximum atomic E-state index is 6.31. The second-order valence-corrected chi connectivity index (χ2v) is 5.19. The first-order valence-corrected chi connectivity index (χ1v) is 7.17. The second-order valence-electron chi connectivity index (χ2n) is 5.19. The number of methoxy groups -OCH3 is 2. The molecule has 112 valence electrons. The molecule has 3 heteroatoms. The molecule has 0 aliphatic rings. The van der Waals surface area contributed by atoms with Gasteiger partial charge in [-0.3, -0.25) is 0 Å². The molecule has 0 amide bonds. The van der Waals surface area contributed by atoms with Crippen LogP contribution >= 0.6 is 0 Å². The van der Waals surface area contributed by atoms with Crippen LogP contribution in [0.1, 0.15) is 29.2 Å². The highest BCUT2D eigenvalue weighted by atomic mass is 16.5. The van der Waals surface area contributed by atoms with Gasteiger partial charge in [0.1, 0.15) is 0 Å². The number of aryl methyl sites for hydroxylation is 2. The minimum Gasteiger partial charge on any atom is -0.493 e. The second kappa shape index (κ2) is 7.14. The molecule has 1 unspecified atom stereocenters. The van der Waals surface area contributed by atoms with Crippen LogP contribution in [0.25, 0.3) is 0 Å². The SMILES string of the molecule is COc1ccc(C(N)CCc2ccccc2C)cc1OC. The van der Waals surface area contributed by atoms with E-state index in [9.17, 15) is 0 Å². The van der Waals surface area contributed by atoms with Crippen LogP contribution in [0.2, 0.25) is 0 Å². The first-order chi connectivity index (χ1) is 10.2. The molecule has 21 heavy (non-hydrogen) atoms. The lowest BCUT2D eigenvalue weighted by molar-refractivity contribution is 0.354. The van der Waals surface area contributed by atoms with Crippen molar-refractivity contribution in [3.8, 4) is 11.5 Å². The molecule has 2 aromatic rings. The van der Waals surface area contributed by atoms with Crippen LogP contribution in [0.5, 0.6) is 11.5 Å². The molecule has 0 saturated carbocycles. The van der Waals surface area contributed by atoms with Crippen molar-refractivity contribution < 1.29 is 9.47 Å². The van der Waals surface area contributed by atoms with Crippen molar-refractivity contribution in [2.75, 3.05) is 14.2 Å². The predicted molar refractivity (Wildman–Crippen MR) is 86.0 cm³/mol. The Bertz CT molecular complexity index is 596. The maximum absolute atomic E-state index is 6.31. The van der Waals surface area contributed by atoms with Crippen LogP contribution in [0.3, 0.4) is 0 Å². The normalized spacial score (nSPS) is 12.0. The Morgan fingerprint density at radius 1 is 1.00 bits per heavy atom. The van der Waals surface area contributed by atoms with Gasteiger partial charge in [-0.25, -0.2) is 0 Å². The summed E-state index contributed by atoms with van der Waals surface area (Å²) in [6.45, 7) is 2.14. The molecule has 0 aliphatic carbocycles. The molecule has 0 radical (unpaired) electrons. The zero-order valence-electron chi connectivity index (χ0n) is 12.9. The number of hydrogen-bond donors (Lipinski definition) is 1. The lowest BCUT2D eigenvalue weighted by Gasteiger charge is -2.15. The van der Waals surface area contributed by atoms with Crippen LogP contribution in [-0.4, -0.2) is 14.2 Å². The molecule has 0 saturated heterocycles. The summed E-state index contributed by atoms with van der Waals surface area (Å²) in [5.74, 6) is 1.45. The number of benzene rings is 2. The average Bonchev–Trinajstić information content (AvgIpc) is 2.53. The van der Waals surface area contributed by atoms with Crippen molar-refractivity contribution in [3.05, 3.63) is 59.2 Å². The maximum Gasteiger partial charge on any atom is 0.161 e. The third-order valence-electron chi connectivity index (χ3n) is 3.82. The van der Waals surface area contributed by atoms with Crippen LogP contribution in [0.4, 0.5) is 0 Å². The summed E-state index contributed by atoms with van der Waals surface area (Å²) in [6, 6.07) is 14.3. The highest BCUT2D eigenvalue weighted by Gasteiger charge is 2.11. The van der Waals surface area contributed by atoms with Crippen LogP contribution in [-0.2, 0) is 6.42 Å². The van der Waals surface area contributed by atoms with Gasteiger partial charge in [-0.2, -0.15) is 0 Å². The Balaban J connectivity index is 2.06. The van der Waals surface area contributed by atoms with Crippen LogP contribution < -0.4 is 15.2 Å². The van der Waals surface area contributed by atoms with Crippen LogP contribution in [0.15, 0.2) is 42.5 Å². The van der Waals surface area contributed by atoms with Crippen molar-refractivity contribution in [2.24, 2.45) is 5.73 Å². The van der Waals surface area contributed by atoms with Gasteiger partial charge in [0.05, 0.1) is 14.2 Å². The molecule has 3 nitrogen and oxygen atoms in total. The number of hydrogen-bond acceptors (Lipinski definition) is 3. The summed E-state index contributed by atoms with van der Waals surface area (Å²) >= 11 is 0. The minimum atomic E-state index is -0.00980. The van der Waals surface area contributed by atoms with E-state index in [1.807, 2.05) is 18.2 Å². The lowest BCUT2D eigenvalue weighted by Crippen LogP contribution is -2.12. The van der Waals surface area contributed by atoms with Gasteiger partial charge in [0.2, 0.25) is 0 Å². The molecule has 0 bridgehead atoms. The quantitative estimate of drug-likeness (QED) is 0.881. The minimum absolute atomic E-state index is 0.00980. The van der Waals surface area contributed by atoms with Gasteiger partial charge in [-0.1, -0.05) is 30.3 Å². The van der Waals surface area contributed by atoms with Crippen molar-refractivity contribution in [2.45, 2.75) is 25.8 Å². The van der Waals surface area contributed by atoms with E-state index in [-0.39, 0.29) is 6.04 Å². The fourth-order valence-corrected chi connectivity index (χ4v) is 2.45. The molecule has 0 aromatic heterocycles. The number of ether oxygens (including phenoxy) is 2. The third kappa shape index (κ3) is 3.76. The van der Waals surface area contributed by atoms with Gasteiger partial charge in [-0.15, -0.1) is 0 Å². The Kier molecular flexibility index (Phi) is 5.23. The summed E-state index contributed by atoms with van der Waals surface area (Å²) in [5.41, 5.74) is 10.1. The lowest BCUT2D eigenvalue weighted by atomic mass is 9.97. The molecule has 0 fully saturated rings. The molecular formula is C18H23NO2. The third-order valence-corrected chi connectivity index (χ3v) is 3.82. The smallest absolute Gasteiger partial charge is 0.161 e. The molecule has 2 N–H and O–H groups in total. The molecule has 0 spiro atoms. The summed E-state index contributed by atoms with van der Waals surface area (Å²) in [6.07, 6.45) is 1.88. The van der Waals surface area contributed by atoms with Crippen molar-refractivity contribution >= 4 is 0 Å². The van der Waals surface area contributed by atoms with Crippen molar-refractivity contribution in [1.82, 2.24) is 0 Å². The number of nitrogens with two attached hydrogens (primary N) is 1. The summed E-state index contributed by atoms with van der Waals surface area (Å²) in [5, 5.41) is 0. The van der Waals surface area contributed by atoms with E-state index in [4.69, 9.17) is 15.2 Å². The zero-order chi connectivity index (χ0) is 15.2. The Morgan fingerprint density at radius 2 is 1.71 bits per heavy atom. The van der Waals surface area contributed by atoms with E-state index < -0.39 is 0 Å². The van der Waals surface area contributed by atoms with Crippen molar-refractivity contribution in [1.29, 1.82) is 0 Å². The molecule has 2 aromatic carbocycles. The highest BCUT2D eigenvalue weighted by Crippen LogP contribution is 2.30. The summed E-state index contributed by atoms with van der Waals surface area (Å²) in [7, 11) is 3.27. The molecule has 0 aliphatic heterocycles. The molecular weight excluding hydrogens is 262 g/mol. The summed E-state index contributed by atoms with van der Waals surface area (Å²) in [4.78, 5) is 0. The largest absolute Gasteiger partial charge is 0.493 e. The first kappa shape index (κ1) is 15.4. The standard InChI is InChI=1S/C18H23NO2/c1-13-6-4-5-7-14(13)8-10-16(19)15-9-11-17(20-2)18(12-15)21-3/h4-7,9,11-12,16H,8,10,19H2,1-3H3.